The van der Waals surface area contributed by atoms with Crippen molar-refractivity contribution in [3.05, 3.63) is 62.2 Å². The first kappa shape index (κ1) is 15.2. The molecular formula is C14H9N5O5. The number of hydrogen-bond acceptors (Lipinski definition) is 8. The fraction of sp³-hybridized carbons (Fsp3) is 0.0714. The molecule has 10 heteroatoms. The van der Waals surface area contributed by atoms with Gasteiger partial charge in [0.2, 0.25) is 5.82 Å². The van der Waals surface area contributed by atoms with Gasteiger partial charge in [0.05, 0.1) is 27.7 Å². The van der Waals surface area contributed by atoms with E-state index in [1.165, 1.54) is 0 Å². The summed E-state index contributed by atoms with van der Waals surface area (Å²) in [5.74, 6) is -0.118. The summed E-state index contributed by atoms with van der Waals surface area (Å²) in [4.78, 5) is 20.5. The van der Waals surface area contributed by atoms with Gasteiger partial charge in [-0.15, -0.1) is 10.2 Å². The number of hydrogen-bond donors (Lipinski definition) is 0. The summed E-state index contributed by atoms with van der Waals surface area (Å²) < 4.78 is 4.93. The Balaban J connectivity index is 2.10. The topological polar surface area (TPSA) is 137 Å². The minimum absolute atomic E-state index is 0.0403. The summed E-state index contributed by atoms with van der Waals surface area (Å²) in [7, 11) is 0. The van der Waals surface area contributed by atoms with Crippen molar-refractivity contribution in [2.75, 3.05) is 0 Å². The summed E-state index contributed by atoms with van der Waals surface area (Å²) >= 11 is 0. The zero-order chi connectivity index (χ0) is 17.3. The molecule has 3 aromatic rings. The lowest BCUT2D eigenvalue weighted by molar-refractivity contribution is -0.393. The second-order valence-electron chi connectivity index (χ2n) is 4.89. The molecule has 0 aliphatic heterocycles. The lowest BCUT2D eigenvalue weighted by atomic mass is 10.2. The van der Waals surface area contributed by atoms with Crippen LogP contribution >= 0.6 is 0 Å². The molecule has 10 nitrogen and oxygen atoms in total. The van der Waals surface area contributed by atoms with Gasteiger partial charge in [-0.3, -0.25) is 20.2 Å². The van der Waals surface area contributed by atoms with Crippen LogP contribution in [0.2, 0.25) is 0 Å². The van der Waals surface area contributed by atoms with E-state index in [1.54, 1.807) is 12.1 Å². The fourth-order valence-corrected chi connectivity index (χ4v) is 2.06. The largest absolute Gasteiger partial charge is 0.353 e. The van der Waals surface area contributed by atoms with Crippen molar-refractivity contribution in [3.63, 3.8) is 0 Å². The highest BCUT2D eigenvalue weighted by Crippen LogP contribution is 2.37. The molecule has 24 heavy (non-hydrogen) atoms. The number of aromatic nitrogens is 1. The molecule has 2 aromatic carbocycles. The van der Waals surface area contributed by atoms with Gasteiger partial charge in [0.1, 0.15) is 5.39 Å². The van der Waals surface area contributed by atoms with Crippen LogP contribution in [0.15, 0.2) is 51.1 Å². The summed E-state index contributed by atoms with van der Waals surface area (Å²) in [6.07, 6.45) is 0. The third kappa shape index (κ3) is 2.79. The highest BCUT2D eigenvalue weighted by Gasteiger charge is 2.25. The molecule has 0 spiro atoms. The van der Waals surface area contributed by atoms with Gasteiger partial charge in [-0.1, -0.05) is 22.9 Å². The number of non-ortho nitro benzene ring substituents is 2. The maximum absolute atomic E-state index is 11.2. The number of rotatable bonds is 4. The average Bonchev–Trinajstić information content (AvgIpc) is 2.96. The Morgan fingerprint density at radius 2 is 1.75 bits per heavy atom. The van der Waals surface area contributed by atoms with Crippen molar-refractivity contribution in [3.8, 4) is 0 Å². The number of fused-ring (bicyclic) bond motifs is 1. The fourth-order valence-electron chi connectivity index (χ4n) is 2.06. The van der Waals surface area contributed by atoms with Gasteiger partial charge in [-0.25, -0.2) is 0 Å². The second-order valence-corrected chi connectivity index (χ2v) is 4.89. The molecule has 0 unspecified atom stereocenters. The predicted octanol–water partition coefficient (Wildman–Crippen LogP) is 4.37. The molecule has 0 bridgehead atoms. The summed E-state index contributed by atoms with van der Waals surface area (Å²) in [6, 6.07) is 9.01. The first-order valence-electron chi connectivity index (χ1n) is 6.66. The molecule has 0 fully saturated rings. The lowest BCUT2D eigenvalue weighted by Gasteiger charge is -1.95. The molecule has 0 radical (unpaired) electrons. The molecular weight excluding hydrogens is 318 g/mol. The van der Waals surface area contributed by atoms with Crippen LogP contribution in [-0.2, 0) is 0 Å². The molecule has 0 saturated carbocycles. The van der Waals surface area contributed by atoms with E-state index < -0.39 is 21.2 Å². The molecule has 0 amide bonds. The van der Waals surface area contributed by atoms with Crippen molar-refractivity contribution in [1.29, 1.82) is 0 Å². The van der Waals surface area contributed by atoms with E-state index >= 15 is 0 Å². The zero-order valence-electron chi connectivity index (χ0n) is 12.2. The molecule has 1 aromatic heterocycles. The van der Waals surface area contributed by atoms with E-state index in [1.807, 2.05) is 19.1 Å². The molecule has 0 aliphatic rings. The first-order valence-corrected chi connectivity index (χ1v) is 6.66. The molecule has 120 valence electrons. The van der Waals surface area contributed by atoms with Crippen molar-refractivity contribution >= 4 is 33.8 Å². The van der Waals surface area contributed by atoms with Crippen molar-refractivity contribution in [1.82, 2.24) is 5.16 Å². The number of nitrogens with zero attached hydrogens (tertiary/aromatic N) is 5. The number of nitro groups is 2. The Hall–Kier alpha value is -3.69. The highest BCUT2D eigenvalue weighted by molar-refractivity contribution is 5.96. The van der Waals surface area contributed by atoms with Crippen LogP contribution in [0.5, 0.6) is 0 Å². The SMILES string of the molecule is Cc1ccc(N=Nc2noc3cc([N+](=O)[O-])cc([N+](=O)[O-])c23)cc1. The highest BCUT2D eigenvalue weighted by atomic mass is 16.6. The average molecular weight is 327 g/mol. The Bertz CT molecular complexity index is 977. The van der Waals surface area contributed by atoms with E-state index in [9.17, 15) is 20.2 Å². The Labute approximate surface area is 133 Å². The molecule has 0 N–H and O–H groups in total. The maximum Gasteiger partial charge on any atom is 0.291 e. The molecule has 0 atom stereocenters. The van der Waals surface area contributed by atoms with Crippen LogP contribution in [0.25, 0.3) is 11.0 Å². The van der Waals surface area contributed by atoms with Gasteiger partial charge in [0.25, 0.3) is 11.4 Å². The van der Waals surface area contributed by atoms with Crippen LogP contribution in [0.4, 0.5) is 22.9 Å². The van der Waals surface area contributed by atoms with Crippen LogP contribution in [-0.4, -0.2) is 15.0 Å². The summed E-state index contributed by atoms with van der Waals surface area (Å²) in [6.45, 7) is 1.92. The van der Waals surface area contributed by atoms with E-state index in [-0.39, 0.29) is 16.8 Å². The van der Waals surface area contributed by atoms with Crippen LogP contribution in [0.1, 0.15) is 5.56 Å². The van der Waals surface area contributed by atoms with E-state index in [4.69, 9.17) is 4.52 Å². The number of nitro benzene ring substituents is 2. The first-order chi connectivity index (χ1) is 11.5. The standard InChI is InChI=1S/C14H9N5O5/c1-8-2-4-9(5-3-8)15-16-14-13-11(19(22)23)6-10(18(20)21)7-12(13)24-17-14/h2-7H,1H3. The third-order valence-electron chi connectivity index (χ3n) is 3.22. The number of aryl methyl sites for hydroxylation is 1. The van der Waals surface area contributed by atoms with E-state index in [2.05, 4.69) is 15.4 Å². The Morgan fingerprint density at radius 1 is 1.04 bits per heavy atom. The van der Waals surface area contributed by atoms with Crippen molar-refractivity contribution in [2.24, 2.45) is 10.2 Å². The maximum atomic E-state index is 11.2. The third-order valence-corrected chi connectivity index (χ3v) is 3.22. The van der Waals surface area contributed by atoms with E-state index in [0.717, 1.165) is 17.7 Å². The minimum Gasteiger partial charge on any atom is -0.353 e. The van der Waals surface area contributed by atoms with Gasteiger partial charge in [-0.2, -0.15) is 0 Å². The normalized spacial score (nSPS) is 11.2. The molecule has 0 aliphatic carbocycles. The van der Waals surface area contributed by atoms with Crippen molar-refractivity contribution < 1.29 is 14.4 Å². The summed E-state index contributed by atoms with van der Waals surface area (Å²) in [5.41, 5.74) is 0.490. The van der Waals surface area contributed by atoms with Crippen LogP contribution in [0.3, 0.4) is 0 Å². The second kappa shape index (κ2) is 5.83. The van der Waals surface area contributed by atoms with Gasteiger partial charge < -0.3 is 4.52 Å². The van der Waals surface area contributed by atoms with Gasteiger partial charge >= 0.3 is 0 Å². The van der Waals surface area contributed by atoms with Gasteiger partial charge in [0, 0.05) is 0 Å². The predicted molar refractivity (Wildman–Crippen MR) is 82.7 cm³/mol. The van der Waals surface area contributed by atoms with Crippen LogP contribution in [0, 0.1) is 27.2 Å². The lowest BCUT2D eigenvalue weighted by Crippen LogP contribution is -1.93. The summed E-state index contributed by atoms with van der Waals surface area (Å²) in [5, 5.41) is 33.4. The number of benzene rings is 2. The monoisotopic (exact) mass is 327 g/mol. The van der Waals surface area contributed by atoms with Gasteiger partial charge in [-0.05, 0) is 19.1 Å². The smallest absolute Gasteiger partial charge is 0.291 e. The molecule has 0 saturated heterocycles. The quantitative estimate of drug-likeness (QED) is 0.396. The number of azo groups is 1. The van der Waals surface area contributed by atoms with Crippen molar-refractivity contribution in [2.45, 2.75) is 6.92 Å². The molecule has 1 heterocycles. The zero-order valence-corrected chi connectivity index (χ0v) is 12.2. The van der Waals surface area contributed by atoms with Gasteiger partial charge in [0.15, 0.2) is 5.58 Å². The molecule has 3 rings (SSSR count). The Morgan fingerprint density at radius 3 is 2.38 bits per heavy atom. The van der Waals surface area contributed by atoms with Crippen LogP contribution < -0.4 is 0 Å². The minimum atomic E-state index is -0.753. The van der Waals surface area contributed by atoms with E-state index in [0.29, 0.717) is 5.69 Å². The Kier molecular flexibility index (Phi) is 3.70.